The molecule has 1 rings (SSSR count). The molecule has 0 radical (unpaired) electrons. The first-order valence-electron chi connectivity index (χ1n) is 6.82. The maximum atomic E-state index is 9.19. The number of aliphatic hydroxyl groups is 1. The molecule has 1 fully saturated rings. The highest BCUT2D eigenvalue weighted by atomic mass is 127. The minimum absolute atomic E-state index is 0. The minimum atomic E-state index is 0. The quantitative estimate of drug-likeness (QED) is 0.331. The second-order valence-electron chi connectivity index (χ2n) is 5.13. The van der Waals surface area contributed by atoms with Gasteiger partial charge >= 0.3 is 0 Å². The molecule has 1 aliphatic rings. The molecule has 1 aliphatic heterocycles. The first-order valence-corrected chi connectivity index (χ1v) is 8.10. The lowest BCUT2D eigenvalue weighted by Gasteiger charge is -2.28. The molecule has 0 saturated carbocycles. The number of rotatable bonds is 7. The fourth-order valence-corrected chi connectivity index (χ4v) is 2.38. The predicted molar refractivity (Wildman–Crippen MR) is 97.3 cm³/mol. The number of halogens is 1. The van der Waals surface area contributed by atoms with E-state index in [0.29, 0.717) is 5.25 Å². The van der Waals surface area contributed by atoms with Gasteiger partial charge in [-0.25, -0.2) is 0 Å². The zero-order chi connectivity index (χ0) is 14.1. The van der Waals surface area contributed by atoms with Crippen LogP contribution in [-0.4, -0.2) is 62.5 Å². The topological polar surface area (TPSA) is 65.9 Å². The largest absolute Gasteiger partial charge is 0.396 e. The van der Waals surface area contributed by atoms with Gasteiger partial charge in [0.15, 0.2) is 5.96 Å². The minimum Gasteiger partial charge on any atom is -0.396 e. The first-order chi connectivity index (χ1) is 9.15. The van der Waals surface area contributed by atoms with Gasteiger partial charge in [-0.2, -0.15) is 11.8 Å². The Hall–Kier alpha value is 0.270. The van der Waals surface area contributed by atoms with Crippen LogP contribution < -0.4 is 10.6 Å². The van der Waals surface area contributed by atoms with Gasteiger partial charge in [0.1, 0.15) is 0 Å². The average Bonchev–Trinajstić information content (AvgIpc) is 2.88. The van der Waals surface area contributed by atoms with Gasteiger partial charge in [-0.05, 0) is 19.1 Å². The van der Waals surface area contributed by atoms with E-state index in [0.717, 1.165) is 45.1 Å². The summed E-state index contributed by atoms with van der Waals surface area (Å²) in [6, 6.07) is 0. The molecule has 1 saturated heterocycles. The van der Waals surface area contributed by atoms with E-state index in [1.807, 2.05) is 11.8 Å². The van der Waals surface area contributed by atoms with Crippen molar-refractivity contribution in [3.8, 4) is 0 Å². The van der Waals surface area contributed by atoms with Gasteiger partial charge in [0.25, 0.3) is 0 Å². The third-order valence-corrected chi connectivity index (χ3v) is 4.61. The first kappa shape index (κ1) is 20.3. The lowest BCUT2D eigenvalue weighted by Crippen LogP contribution is -2.45. The fraction of sp³-hybridized carbons (Fsp3) is 0.923. The molecule has 1 heterocycles. The molecule has 120 valence electrons. The highest BCUT2D eigenvalue weighted by molar-refractivity contribution is 14.0. The van der Waals surface area contributed by atoms with Gasteiger partial charge in [-0.1, -0.05) is 6.92 Å². The van der Waals surface area contributed by atoms with Gasteiger partial charge in [0, 0.05) is 44.0 Å². The number of thioether (sulfide) groups is 1. The SMILES string of the molecule is CN=C(NCC(C)SC)NCC1(CCO)CCOC1.I. The zero-order valence-corrected chi connectivity index (χ0v) is 15.8. The van der Waals surface area contributed by atoms with Gasteiger partial charge < -0.3 is 20.5 Å². The van der Waals surface area contributed by atoms with E-state index in [9.17, 15) is 5.11 Å². The summed E-state index contributed by atoms with van der Waals surface area (Å²) < 4.78 is 5.48. The van der Waals surface area contributed by atoms with Crippen molar-refractivity contribution < 1.29 is 9.84 Å². The van der Waals surface area contributed by atoms with E-state index in [1.165, 1.54) is 0 Å². The van der Waals surface area contributed by atoms with E-state index in [-0.39, 0.29) is 36.0 Å². The van der Waals surface area contributed by atoms with Crippen LogP contribution >= 0.6 is 35.7 Å². The maximum absolute atomic E-state index is 9.19. The third-order valence-electron chi connectivity index (χ3n) is 3.64. The van der Waals surface area contributed by atoms with E-state index >= 15 is 0 Å². The van der Waals surface area contributed by atoms with Crippen LogP contribution in [0.2, 0.25) is 0 Å². The van der Waals surface area contributed by atoms with Crippen LogP contribution in [0.3, 0.4) is 0 Å². The Balaban J connectivity index is 0.00000361. The lowest BCUT2D eigenvalue weighted by molar-refractivity contribution is 0.127. The normalized spacial score (nSPS) is 24.1. The Labute approximate surface area is 143 Å². The molecule has 0 amide bonds. The summed E-state index contributed by atoms with van der Waals surface area (Å²) in [6.45, 7) is 5.59. The summed E-state index contributed by atoms with van der Waals surface area (Å²) in [4.78, 5) is 4.23. The van der Waals surface area contributed by atoms with Crippen molar-refractivity contribution in [2.24, 2.45) is 10.4 Å². The monoisotopic (exact) mass is 417 g/mol. The molecule has 5 nitrogen and oxygen atoms in total. The lowest BCUT2D eigenvalue weighted by atomic mass is 9.84. The number of hydrogen-bond donors (Lipinski definition) is 3. The molecule has 3 N–H and O–H groups in total. The van der Waals surface area contributed by atoms with Gasteiger partial charge in [0.2, 0.25) is 0 Å². The smallest absolute Gasteiger partial charge is 0.191 e. The van der Waals surface area contributed by atoms with Crippen molar-refractivity contribution in [2.75, 3.05) is 46.2 Å². The second kappa shape index (κ2) is 10.9. The molecule has 0 aromatic carbocycles. The molecule has 0 aromatic heterocycles. The van der Waals surface area contributed by atoms with Crippen LogP contribution in [0.25, 0.3) is 0 Å². The molecule has 7 heteroatoms. The third kappa shape index (κ3) is 6.82. The van der Waals surface area contributed by atoms with Crippen LogP contribution in [0.15, 0.2) is 4.99 Å². The summed E-state index contributed by atoms with van der Waals surface area (Å²) in [7, 11) is 1.78. The Morgan fingerprint density at radius 2 is 2.25 bits per heavy atom. The summed E-state index contributed by atoms with van der Waals surface area (Å²) in [5.41, 5.74) is 0.0531. The van der Waals surface area contributed by atoms with Crippen molar-refractivity contribution in [3.63, 3.8) is 0 Å². The van der Waals surface area contributed by atoms with Crippen molar-refractivity contribution in [2.45, 2.75) is 25.0 Å². The Morgan fingerprint density at radius 3 is 2.75 bits per heavy atom. The number of ether oxygens (including phenoxy) is 1. The van der Waals surface area contributed by atoms with E-state index in [4.69, 9.17) is 4.74 Å². The standard InChI is InChI=1S/C13H27N3O2S.HI/c1-11(19-3)8-15-12(14-2)16-9-13(4-6-17)5-7-18-10-13;/h11,17H,4-10H2,1-3H3,(H2,14,15,16);1H. The Morgan fingerprint density at radius 1 is 1.50 bits per heavy atom. The van der Waals surface area contributed by atoms with E-state index < -0.39 is 0 Å². The fourth-order valence-electron chi connectivity index (χ4n) is 2.13. The highest BCUT2D eigenvalue weighted by Gasteiger charge is 2.34. The van der Waals surface area contributed by atoms with Crippen molar-refractivity contribution in [3.05, 3.63) is 0 Å². The van der Waals surface area contributed by atoms with Crippen LogP contribution in [0.5, 0.6) is 0 Å². The average molecular weight is 417 g/mol. The van der Waals surface area contributed by atoms with E-state index in [2.05, 4.69) is 28.8 Å². The number of nitrogens with one attached hydrogen (secondary N) is 2. The molecule has 2 unspecified atom stereocenters. The van der Waals surface area contributed by atoms with Gasteiger partial charge in [-0.3, -0.25) is 4.99 Å². The molecule has 2 atom stereocenters. The molecular weight excluding hydrogens is 389 g/mol. The van der Waals surface area contributed by atoms with E-state index in [1.54, 1.807) is 7.05 Å². The number of nitrogens with zero attached hydrogens (tertiary/aromatic N) is 1. The molecule has 20 heavy (non-hydrogen) atoms. The second-order valence-corrected chi connectivity index (χ2v) is 6.41. The Kier molecular flexibility index (Phi) is 11.1. The summed E-state index contributed by atoms with van der Waals surface area (Å²) in [6.07, 6.45) is 3.88. The van der Waals surface area contributed by atoms with Gasteiger partial charge in [0.05, 0.1) is 6.61 Å². The van der Waals surface area contributed by atoms with Gasteiger partial charge in [-0.15, -0.1) is 24.0 Å². The Bertz CT molecular complexity index is 287. The zero-order valence-electron chi connectivity index (χ0n) is 12.6. The van der Waals surface area contributed by atoms with Crippen LogP contribution in [-0.2, 0) is 4.74 Å². The van der Waals surface area contributed by atoms with Crippen LogP contribution in [0.1, 0.15) is 19.8 Å². The number of aliphatic imine (C=N–C) groups is 1. The number of guanidine groups is 1. The maximum Gasteiger partial charge on any atom is 0.191 e. The van der Waals surface area contributed by atoms with Crippen LogP contribution in [0.4, 0.5) is 0 Å². The van der Waals surface area contributed by atoms with Crippen molar-refractivity contribution in [1.29, 1.82) is 0 Å². The van der Waals surface area contributed by atoms with Crippen molar-refractivity contribution >= 4 is 41.7 Å². The number of hydrogen-bond acceptors (Lipinski definition) is 4. The summed E-state index contributed by atoms with van der Waals surface area (Å²) in [5, 5.41) is 16.4. The molecule has 0 spiro atoms. The predicted octanol–water partition coefficient (Wildman–Crippen LogP) is 1.31. The highest BCUT2D eigenvalue weighted by Crippen LogP contribution is 2.31. The van der Waals surface area contributed by atoms with Crippen LogP contribution in [0, 0.1) is 5.41 Å². The summed E-state index contributed by atoms with van der Waals surface area (Å²) >= 11 is 1.83. The number of aliphatic hydroxyl groups excluding tert-OH is 1. The molecule has 0 aromatic rings. The summed E-state index contributed by atoms with van der Waals surface area (Å²) in [5.74, 6) is 0.824. The molecule has 0 aliphatic carbocycles. The molecular formula is C13H28IN3O2S. The molecule has 0 bridgehead atoms. The van der Waals surface area contributed by atoms with Crippen molar-refractivity contribution in [1.82, 2.24) is 10.6 Å².